The van der Waals surface area contributed by atoms with E-state index in [9.17, 15) is 4.39 Å². The van der Waals surface area contributed by atoms with Gasteiger partial charge in [-0.05, 0) is 31.0 Å². The highest BCUT2D eigenvalue weighted by molar-refractivity contribution is 9.10. The SMILES string of the molecule is Cc1ccc(F)c(C(Cc2ccccc2Br)NN)c1. The molecule has 0 radical (unpaired) electrons. The molecule has 0 amide bonds. The summed E-state index contributed by atoms with van der Waals surface area (Å²) >= 11 is 3.50. The van der Waals surface area contributed by atoms with E-state index in [4.69, 9.17) is 5.84 Å². The molecule has 0 saturated carbocycles. The van der Waals surface area contributed by atoms with Crippen LogP contribution in [0.4, 0.5) is 4.39 Å². The summed E-state index contributed by atoms with van der Waals surface area (Å²) in [4.78, 5) is 0. The van der Waals surface area contributed by atoms with E-state index in [1.54, 1.807) is 6.07 Å². The van der Waals surface area contributed by atoms with E-state index < -0.39 is 0 Å². The van der Waals surface area contributed by atoms with Gasteiger partial charge in [-0.3, -0.25) is 11.3 Å². The fourth-order valence-electron chi connectivity index (χ4n) is 2.07. The molecule has 1 atom stereocenters. The molecule has 0 aliphatic rings. The second-order valence-corrected chi connectivity index (χ2v) is 5.39. The summed E-state index contributed by atoms with van der Waals surface area (Å²) in [5.41, 5.74) is 5.40. The lowest BCUT2D eigenvalue weighted by Crippen LogP contribution is -2.30. The van der Waals surface area contributed by atoms with E-state index in [-0.39, 0.29) is 11.9 Å². The van der Waals surface area contributed by atoms with E-state index in [0.29, 0.717) is 12.0 Å². The lowest BCUT2D eigenvalue weighted by molar-refractivity contribution is 0.509. The van der Waals surface area contributed by atoms with Crippen molar-refractivity contribution < 1.29 is 4.39 Å². The number of nitrogens with one attached hydrogen (secondary N) is 1. The van der Waals surface area contributed by atoms with Crippen LogP contribution in [0.1, 0.15) is 22.7 Å². The molecule has 4 heteroatoms. The highest BCUT2D eigenvalue weighted by Crippen LogP contribution is 2.25. The monoisotopic (exact) mass is 322 g/mol. The fraction of sp³-hybridized carbons (Fsp3) is 0.200. The third-order valence-electron chi connectivity index (χ3n) is 3.11. The summed E-state index contributed by atoms with van der Waals surface area (Å²) in [6, 6.07) is 12.7. The number of benzene rings is 2. The molecule has 2 aromatic rings. The summed E-state index contributed by atoms with van der Waals surface area (Å²) in [6.45, 7) is 1.94. The zero-order valence-electron chi connectivity index (χ0n) is 10.7. The molecule has 0 saturated heterocycles. The molecular weight excluding hydrogens is 307 g/mol. The van der Waals surface area contributed by atoms with Crippen LogP contribution in [0.25, 0.3) is 0 Å². The fourth-order valence-corrected chi connectivity index (χ4v) is 2.52. The molecular formula is C15H16BrFN2. The lowest BCUT2D eigenvalue weighted by Gasteiger charge is -2.18. The van der Waals surface area contributed by atoms with Gasteiger partial charge in [0.1, 0.15) is 5.82 Å². The van der Waals surface area contributed by atoms with E-state index in [1.165, 1.54) is 6.07 Å². The zero-order valence-corrected chi connectivity index (χ0v) is 12.2. The Hall–Kier alpha value is -1.23. The maximum absolute atomic E-state index is 13.9. The standard InChI is InChI=1S/C15H16BrFN2/c1-10-6-7-14(17)12(8-10)15(19-18)9-11-4-2-3-5-13(11)16/h2-8,15,19H,9,18H2,1H3. The van der Waals surface area contributed by atoms with Crippen molar-refractivity contribution in [1.29, 1.82) is 0 Å². The van der Waals surface area contributed by atoms with Crippen LogP contribution in [-0.4, -0.2) is 0 Å². The maximum atomic E-state index is 13.9. The number of hydrogen-bond acceptors (Lipinski definition) is 2. The number of hydrogen-bond donors (Lipinski definition) is 2. The van der Waals surface area contributed by atoms with E-state index >= 15 is 0 Å². The van der Waals surface area contributed by atoms with Crippen LogP contribution in [0, 0.1) is 12.7 Å². The molecule has 2 aromatic carbocycles. The van der Waals surface area contributed by atoms with Crippen LogP contribution in [-0.2, 0) is 6.42 Å². The number of aryl methyl sites for hydroxylation is 1. The molecule has 2 nitrogen and oxygen atoms in total. The Kier molecular flexibility index (Phi) is 4.69. The summed E-state index contributed by atoms with van der Waals surface area (Å²) in [7, 11) is 0. The Morgan fingerprint density at radius 1 is 1.26 bits per heavy atom. The molecule has 1 unspecified atom stereocenters. The predicted octanol–water partition coefficient (Wildman–Crippen LogP) is 3.64. The van der Waals surface area contributed by atoms with Crippen LogP contribution < -0.4 is 11.3 Å². The second kappa shape index (κ2) is 6.28. The normalized spacial score (nSPS) is 12.4. The van der Waals surface area contributed by atoms with Gasteiger partial charge in [-0.15, -0.1) is 0 Å². The molecule has 0 heterocycles. The van der Waals surface area contributed by atoms with Crippen molar-refractivity contribution >= 4 is 15.9 Å². The van der Waals surface area contributed by atoms with Crippen molar-refractivity contribution in [3.63, 3.8) is 0 Å². The van der Waals surface area contributed by atoms with Gasteiger partial charge >= 0.3 is 0 Å². The van der Waals surface area contributed by atoms with Gasteiger partial charge in [0.2, 0.25) is 0 Å². The van der Waals surface area contributed by atoms with Crippen LogP contribution >= 0.6 is 15.9 Å². The highest BCUT2D eigenvalue weighted by Gasteiger charge is 2.16. The van der Waals surface area contributed by atoms with E-state index in [2.05, 4.69) is 21.4 Å². The van der Waals surface area contributed by atoms with Gasteiger partial charge in [0.15, 0.2) is 0 Å². The highest BCUT2D eigenvalue weighted by atomic mass is 79.9. The van der Waals surface area contributed by atoms with E-state index in [1.807, 2.05) is 37.3 Å². The maximum Gasteiger partial charge on any atom is 0.128 e. The molecule has 0 aliphatic heterocycles. The minimum Gasteiger partial charge on any atom is -0.271 e. The molecule has 100 valence electrons. The van der Waals surface area contributed by atoms with Gasteiger partial charge < -0.3 is 0 Å². The van der Waals surface area contributed by atoms with Crippen molar-refractivity contribution in [2.75, 3.05) is 0 Å². The van der Waals surface area contributed by atoms with Crippen molar-refractivity contribution in [3.05, 3.63) is 69.4 Å². The summed E-state index contributed by atoms with van der Waals surface area (Å²) in [6.07, 6.45) is 0.623. The molecule has 0 aromatic heterocycles. The Morgan fingerprint density at radius 2 is 2.00 bits per heavy atom. The molecule has 0 aliphatic carbocycles. The quantitative estimate of drug-likeness (QED) is 0.666. The van der Waals surface area contributed by atoms with Crippen molar-refractivity contribution in [2.45, 2.75) is 19.4 Å². The Bertz CT molecular complexity index is 572. The largest absolute Gasteiger partial charge is 0.271 e. The topological polar surface area (TPSA) is 38.0 Å². The third kappa shape index (κ3) is 3.41. The first-order chi connectivity index (χ1) is 9.11. The van der Waals surface area contributed by atoms with E-state index in [0.717, 1.165) is 15.6 Å². The number of halogens is 2. The Balaban J connectivity index is 2.30. The van der Waals surface area contributed by atoms with Crippen LogP contribution in [0.3, 0.4) is 0 Å². The first-order valence-electron chi connectivity index (χ1n) is 6.07. The average molecular weight is 323 g/mol. The molecule has 0 spiro atoms. The van der Waals surface area contributed by atoms with Gasteiger partial charge in [-0.1, -0.05) is 51.8 Å². The lowest BCUT2D eigenvalue weighted by atomic mass is 9.97. The number of rotatable bonds is 4. The summed E-state index contributed by atoms with van der Waals surface area (Å²) < 4.78 is 14.9. The van der Waals surface area contributed by atoms with Crippen molar-refractivity contribution in [3.8, 4) is 0 Å². The predicted molar refractivity (Wildman–Crippen MR) is 79.0 cm³/mol. The van der Waals surface area contributed by atoms with Crippen LogP contribution in [0.15, 0.2) is 46.9 Å². The third-order valence-corrected chi connectivity index (χ3v) is 3.88. The van der Waals surface area contributed by atoms with Gasteiger partial charge in [0.05, 0.1) is 6.04 Å². The average Bonchev–Trinajstić information content (AvgIpc) is 2.41. The number of nitrogens with two attached hydrogens (primary N) is 1. The van der Waals surface area contributed by atoms with Gasteiger partial charge in [0, 0.05) is 10.0 Å². The first-order valence-corrected chi connectivity index (χ1v) is 6.86. The van der Waals surface area contributed by atoms with Crippen molar-refractivity contribution in [2.24, 2.45) is 5.84 Å². The molecule has 0 bridgehead atoms. The summed E-state index contributed by atoms with van der Waals surface area (Å²) in [5.74, 6) is 5.35. The molecule has 0 fully saturated rings. The van der Waals surface area contributed by atoms with Crippen LogP contribution in [0.5, 0.6) is 0 Å². The van der Waals surface area contributed by atoms with Crippen molar-refractivity contribution in [1.82, 2.24) is 5.43 Å². The minimum atomic E-state index is -0.251. The van der Waals surface area contributed by atoms with Crippen LogP contribution in [0.2, 0.25) is 0 Å². The molecule has 3 N–H and O–H groups in total. The zero-order chi connectivity index (χ0) is 13.8. The van der Waals surface area contributed by atoms with Gasteiger partial charge in [-0.2, -0.15) is 0 Å². The van der Waals surface area contributed by atoms with Gasteiger partial charge in [0.25, 0.3) is 0 Å². The second-order valence-electron chi connectivity index (χ2n) is 4.54. The summed E-state index contributed by atoms with van der Waals surface area (Å²) in [5, 5.41) is 0. The smallest absolute Gasteiger partial charge is 0.128 e. The number of hydrazine groups is 1. The Labute approximate surface area is 120 Å². The minimum absolute atomic E-state index is 0.236. The molecule has 19 heavy (non-hydrogen) atoms. The Morgan fingerprint density at radius 3 is 2.68 bits per heavy atom. The molecule has 2 rings (SSSR count). The van der Waals surface area contributed by atoms with Gasteiger partial charge in [-0.25, -0.2) is 4.39 Å². The first kappa shape index (κ1) is 14.2.